The molecule has 0 aliphatic rings. The van der Waals surface area contributed by atoms with E-state index in [2.05, 4.69) is 23.0 Å². The first-order valence-electron chi connectivity index (χ1n) is 6.13. The Labute approximate surface area is 124 Å². The van der Waals surface area contributed by atoms with Gasteiger partial charge in [0.2, 0.25) is 0 Å². The third-order valence-electron chi connectivity index (χ3n) is 2.48. The smallest absolute Gasteiger partial charge is 0.434 e. The van der Waals surface area contributed by atoms with Crippen LogP contribution in [0.3, 0.4) is 0 Å². The van der Waals surface area contributed by atoms with Crippen molar-refractivity contribution < 1.29 is 22.7 Å². The summed E-state index contributed by atoms with van der Waals surface area (Å²) in [6, 6.07) is 0. The molecule has 5 nitrogen and oxygen atoms in total. The van der Waals surface area contributed by atoms with E-state index in [0.717, 1.165) is 6.20 Å². The molecule has 0 saturated heterocycles. The summed E-state index contributed by atoms with van der Waals surface area (Å²) in [5, 5.41) is 11.2. The van der Waals surface area contributed by atoms with Gasteiger partial charge in [0.05, 0.1) is 12.8 Å². The first kappa shape index (κ1) is 17.4. The Kier molecular flexibility index (Phi) is 5.44. The van der Waals surface area contributed by atoms with Crippen LogP contribution in [0, 0.1) is 5.41 Å². The van der Waals surface area contributed by atoms with Crippen LogP contribution in [-0.4, -0.2) is 28.2 Å². The van der Waals surface area contributed by atoms with Gasteiger partial charge < -0.3 is 4.74 Å². The maximum atomic E-state index is 13.2. The minimum atomic E-state index is -4.88. The fourth-order valence-electron chi connectivity index (χ4n) is 1.55. The maximum absolute atomic E-state index is 13.2. The van der Waals surface area contributed by atoms with Gasteiger partial charge in [-0.15, -0.1) is 0 Å². The Morgan fingerprint density at radius 3 is 2.68 bits per heavy atom. The number of esters is 1. The average Bonchev–Trinajstić information content (AvgIpc) is 2.89. The molecule has 0 atom stereocenters. The Balaban J connectivity index is 3.35. The van der Waals surface area contributed by atoms with Gasteiger partial charge in [-0.3, -0.25) is 5.41 Å². The van der Waals surface area contributed by atoms with E-state index < -0.39 is 29.2 Å². The quantitative estimate of drug-likeness (QED) is 0.393. The van der Waals surface area contributed by atoms with Crippen LogP contribution < -0.4 is 0 Å². The molecule has 0 aliphatic heterocycles. The molecule has 1 rings (SSSR count). The van der Waals surface area contributed by atoms with E-state index in [1.807, 2.05) is 0 Å². The van der Waals surface area contributed by atoms with Crippen molar-refractivity contribution >= 4 is 11.8 Å². The van der Waals surface area contributed by atoms with Crippen molar-refractivity contribution in [3.05, 3.63) is 54.4 Å². The van der Waals surface area contributed by atoms with Gasteiger partial charge in [-0.25, -0.2) is 9.48 Å². The second kappa shape index (κ2) is 6.88. The second-order valence-corrected chi connectivity index (χ2v) is 4.01. The van der Waals surface area contributed by atoms with Crippen LogP contribution in [0.4, 0.5) is 13.2 Å². The Morgan fingerprint density at radius 1 is 1.55 bits per heavy atom. The van der Waals surface area contributed by atoms with Gasteiger partial charge in [-0.2, -0.15) is 18.3 Å². The predicted octanol–water partition coefficient (Wildman–Crippen LogP) is 3.20. The van der Waals surface area contributed by atoms with E-state index in [4.69, 9.17) is 5.41 Å². The number of nitrogens with zero attached hydrogens (tertiary/aromatic N) is 2. The Bertz CT molecular complexity index is 642. The number of carbonyl (C=O) groups excluding carboxylic acids is 1. The van der Waals surface area contributed by atoms with E-state index in [-0.39, 0.29) is 12.2 Å². The first-order chi connectivity index (χ1) is 10.2. The zero-order chi connectivity index (χ0) is 16.9. The lowest BCUT2D eigenvalue weighted by Gasteiger charge is -2.13. The largest absolute Gasteiger partial charge is 0.462 e. The summed E-state index contributed by atoms with van der Waals surface area (Å²) < 4.78 is 44.4. The summed E-state index contributed by atoms with van der Waals surface area (Å²) >= 11 is 0. The molecule has 0 aliphatic carbocycles. The highest BCUT2D eigenvalue weighted by molar-refractivity contribution is 6.01. The second-order valence-electron chi connectivity index (χ2n) is 4.01. The molecule has 0 aromatic carbocycles. The van der Waals surface area contributed by atoms with Crippen LogP contribution >= 0.6 is 0 Å². The molecule has 8 heteroatoms. The van der Waals surface area contributed by atoms with Crippen LogP contribution in [0.15, 0.2) is 43.2 Å². The molecule has 22 heavy (non-hydrogen) atoms. The van der Waals surface area contributed by atoms with Crippen molar-refractivity contribution in [1.29, 1.82) is 5.41 Å². The van der Waals surface area contributed by atoms with Crippen molar-refractivity contribution in [2.24, 2.45) is 0 Å². The summed E-state index contributed by atoms with van der Waals surface area (Å²) in [7, 11) is 0. The number of ether oxygens (including phenoxy) is 1. The van der Waals surface area contributed by atoms with E-state index in [0.29, 0.717) is 4.68 Å². The predicted molar refractivity (Wildman–Crippen MR) is 74.8 cm³/mol. The third-order valence-corrected chi connectivity index (χ3v) is 2.48. The molecule has 0 spiro atoms. The lowest BCUT2D eigenvalue weighted by Crippen LogP contribution is -2.24. The van der Waals surface area contributed by atoms with E-state index in [1.165, 1.54) is 25.2 Å². The summed E-state index contributed by atoms with van der Waals surface area (Å²) in [6.45, 7) is 8.28. The number of alkyl halides is 3. The van der Waals surface area contributed by atoms with Gasteiger partial charge in [0.1, 0.15) is 5.56 Å². The van der Waals surface area contributed by atoms with Gasteiger partial charge >= 0.3 is 12.1 Å². The number of carbonyl (C=O) groups is 1. The fraction of sp³-hybridized carbons (Fsp3) is 0.214. The molecular weight excluding hydrogens is 299 g/mol. The number of aromatic nitrogens is 2. The maximum Gasteiger partial charge on any atom is 0.434 e. The highest BCUT2D eigenvalue weighted by atomic mass is 19.4. The highest BCUT2D eigenvalue weighted by Gasteiger charge is 2.41. The molecule has 1 heterocycles. The Hall–Kier alpha value is -2.64. The van der Waals surface area contributed by atoms with Crippen molar-refractivity contribution in [2.75, 3.05) is 6.61 Å². The van der Waals surface area contributed by atoms with Crippen molar-refractivity contribution in [3.63, 3.8) is 0 Å². The van der Waals surface area contributed by atoms with Crippen molar-refractivity contribution in [1.82, 2.24) is 9.78 Å². The van der Waals surface area contributed by atoms with Gasteiger partial charge in [-0.1, -0.05) is 31.4 Å². The standard InChI is InChI=1S/C14H14F3N3O2/c1-4-6-7-9(3)12(18)20-11(14(15,16)17)10(8-19-20)13(21)22-5-2/h4,6-8,18H,1,3,5H2,2H3/b7-6-,18-12?. The van der Waals surface area contributed by atoms with E-state index >= 15 is 0 Å². The van der Waals surface area contributed by atoms with Crippen LogP contribution in [0.2, 0.25) is 0 Å². The highest BCUT2D eigenvalue weighted by Crippen LogP contribution is 2.32. The van der Waals surface area contributed by atoms with Crippen LogP contribution in [-0.2, 0) is 10.9 Å². The first-order valence-corrected chi connectivity index (χ1v) is 6.13. The fourth-order valence-corrected chi connectivity index (χ4v) is 1.55. The molecule has 118 valence electrons. The normalized spacial score (nSPS) is 11.5. The van der Waals surface area contributed by atoms with Crippen LogP contribution in [0.5, 0.6) is 0 Å². The van der Waals surface area contributed by atoms with E-state index in [9.17, 15) is 18.0 Å². The summed E-state index contributed by atoms with van der Waals surface area (Å²) in [4.78, 5) is 11.6. The molecule has 0 saturated carbocycles. The zero-order valence-corrected chi connectivity index (χ0v) is 11.8. The number of hydrogen-bond donors (Lipinski definition) is 1. The number of hydrogen-bond acceptors (Lipinski definition) is 4. The molecular formula is C14H14F3N3O2. The lowest BCUT2D eigenvalue weighted by molar-refractivity contribution is -0.143. The SMILES string of the molecule is C=C/C=C\C(=C)C(=N)n1ncc(C(=O)OCC)c1C(F)(F)F. The molecule has 0 radical (unpaired) electrons. The van der Waals surface area contributed by atoms with E-state index in [1.54, 1.807) is 0 Å². The number of rotatable bonds is 5. The molecule has 0 amide bonds. The van der Waals surface area contributed by atoms with Gasteiger partial charge in [0, 0.05) is 5.57 Å². The van der Waals surface area contributed by atoms with Gasteiger partial charge in [0.15, 0.2) is 11.5 Å². The van der Waals surface area contributed by atoms with Gasteiger partial charge in [0.25, 0.3) is 0 Å². The monoisotopic (exact) mass is 313 g/mol. The molecule has 0 fully saturated rings. The minimum absolute atomic E-state index is 0.0242. The summed E-state index contributed by atoms with van der Waals surface area (Å²) in [5.74, 6) is -1.76. The van der Waals surface area contributed by atoms with Crippen LogP contribution in [0.25, 0.3) is 0 Å². The lowest BCUT2D eigenvalue weighted by atomic mass is 10.2. The molecule has 1 aromatic rings. The average molecular weight is 313 g/mol. The summed E-state index contributed by atoms with van der Waals surface area (Å²) in [5.41, 5.74) is -2.15. The third kappa shape index (κ3) is 3.72. The van der Waals surface area contributed by atoms with Gasteiger partial charge in [-0.05, 0) is 6.92 Å². The number of nitrogens with one attached hydrogen (secondary N) is 1. The number of allylic oxidation sites excluding steroid dienone is 4. The molecule has 1 aromatic heterocycles. The summed E-state index contributed by atoms with van der Waals surface area (Å²) in [6.07, 6.45) is -0.0511. The zero-order valence-electron chi connectivity index (χ0n) is 11.8. The Morgan fingerprint density at radius 2 is 2.18 bits per heavy atom. The molecule has 1 N–H and O–H groups in total. The minimum Gasteiger partial charge on any atom is -0.462 e. The number of halogens is 3. The molecule has 0 bridgehead atoms. The topological polar surface area (TPSA) is 68.0 Å². The molecule has 0 unspecified atom stereocenters. The van der Waals surface area contributed by atoms with Crippen molar-refractivity contribution in [3.8, 4) is 0 Å². The van der Waals surface area contributed by atoms with Crippen LogP contribution in [0.1, 0.15) is 23.0 Å². The van der Waals surface area contributed by atoms with Crippen molar-refractivity contribution in [2.45, 2.75) is 13.1 Å².